The van der Waals surface area contributed by atoms with Crippen molar-refractivity contribution in [2.24, 2.45) is 0 Å². The largest absolute Gasteiger partial charge is 0.364 e. The summed E-state index contributed by atoms with van der Waals surface area (Å²) in [6.07, 6.45) is 3.89. The third-order valence-electron chi connectivity index (χ3n) is 2.46. The molecule has 0 amide bonds. The standard InChI is InChI=1S/C14H18N2Si/c1-17(2,3)11-8-12(13-6-4-9-15-13)14-7-5-10-16-14/h4-7,9-10,12,15-16H,1-3H3. The van der Waals surface area contributed by atoms with Gasteiger partial charge in [-0.2, -0.15) is 0 Å². The van der Waals surface area contributed by atoms with Crippen LogP contribution >= 0.6 is 0 Å². The molecule has 2 aromatic rings. The molecular weight excluding hydrogens is 224 g/mol. The Hall–Kier alpha value is -1.66. The van der Waals surface area contributed by atoms with Crippen LogP contribution in [0.3, 0.4) is 0 Å². The average Bonchev–Trinajstić information content (AvgIpc) is 2.86. The van der Waals surface area contributed by atoms with Crippen molar-refractivity contribution in [2.45, 2.75) is 25.6 Å². The minimum absolute atomic E-state index is 0.131. The van der Waals surface area contributed by atoms with Gasteiger partial charge in [-0.05, 0) is 24.3 Å². The SMILES string of the molecule is C[Si](C)(C)C#CC(c1ccc[nH]1)c1ccc[nH]1. The molecule has 0 aromatic carbocycles. The quantitative estimate of drug-likeness (QED) is 0.598. The van der Waals surface area contributed by atoms with E-state index in [1.54, 1.807) is 0 Å². The van der Waals surface area contributed by atoms with Crippen LogP contribution in [0.25, 0.3) is 0 Å². The Balaban J connectivity index is 2.35. The molecule has 0 saturated carbocycles. The predicted octanol–water partition coefficient (Wildman–Crippen LogP) is 3.36. The topological polar surface area (TPSA) is 31.6 Å². The van der Waals surface area contributed by atoms with E-state index in [0.717, 1.165) is 11.4 Å². The summed E-state index contributed by atoms with van der Waals surface area (Å²) in [4.78, 5) is 6.51. The van der Waals surface area contributed by atoms with Crippen LogP contribution in [0, 0.1) is 11.5 Å². The first-order chi connectivity index (χ1) is 8.06. The van der Waals surface area contributed by atoms with Gasteiger partial charge in [0.2, 0.25) is 0 Å². The van der Waals surface area contributed by atoms with E-state index in [4.69, 9.17) is 0 Å². The number of rotatable bonds is 2. The van der Waals surface area contributed by atoms with E-state index in [0.29, 0.717) is 0 Å². The van der Waals surface area contributed by atoms with Gasteiger partial charge in [-0.3, -0.25) is 0 Å². The van der Waals surface area contributed by atoms with Gasteiger partial charge in [0.05, 0.1) is 5.92 Å². The Morgan fingerprint density at radius 2 is 1.53 bits per heavy atom. The van der Waals surface area contributed by atoms with Gasteiger partial charge in [0.15, 0.2) is 0 Å². The van der Waals surface area contributed by atoms with Crippen LogP contribution in [0.1, 0.15) is 17.3 Å². The second kappa shape index (κ2) is 4.68. The van der Waals surface area contributed by atoms with Crippen LogP contribution in [0.2, 0.25) is 19.6 Å². The van der Waals surface area contributed by atoms with Crippen LogP contribution in [0.4, 0.5) is 0 Å². The lowest BCUT2D eigenvalue weighted by atomic mass is 10.0. The van der Waals surface area contributed by atoms with E-state index in [1.807, 2.05) is 24.5 Å². The highest BCUT2D eigenvalue weighted by molar-refractivity contribution is 6.83. The summed E-state index contributed by atoms with van der Waals surface area (Å²) >= 11 is 0. The molecule has 0 atom stereocenters. The maximum absolute atomic E-state index is 3.45. The second-order valence-corrected chi connectivity index (χ2v) is 9.95. The fourth-order valence-electron chi connectivity index (χ4n) is 1.66. The first-order valence-corrected chi connectivity index (χ1v) is 9.35. The predicted molar refractivity (Wildman–Crippen MR) is 74.6 cm³/mol. The molecule has 17 heavy (non-hydrogen) atoms. The van der Waals surface area contributed by atoms with Crippen molar-refractivity contribution in [1.29, 1.82) is 0 Å². The first-order valence-electron chi connectivity index (χ1n) is 5.85. The Kier molecular flexibility index (Phi) is 3.25. The van der Waals surface area contributed by atoms with Gasteiger partial charge in [0.25, 0.3) is 0 Å². The fourth-order valence-corrected chi connectivity index (χ4v) is 2.24. The number of hydrogen-bond donors (Lipinski definition) is 2. The summed E-state index contributed by atoms with van der Waals surface area (Å²) in [6.45, 7) is 6.79. The molecule has 0 aliphatic heterocycles. The maximum Gasteiger partial charge on any atom is 0.129 e. The van der Waals surface area contributed by atoms with Crippen LogP contribution in [-0.4, -0.2) is 18.0 Å². The Morgan fingerprint density at radius 1 is 1.00 bits per heavy atom. The number of nitrogens with one attached hydrogen (secondary N) is 2. The molecule has 2 N–H and O–H groups in total. The van der Waals surface area contributed by atoms with Gasteiger partial charge in [-0.1, -0.05) is 25.6 Å². The minimum Gasteiger partial charge on any atom is -0.364 e. The van der Waals surface area contributed by atoms with Gasteiger partial charge in [0, 0.05) is 23.8 Å². The summed E-state index contributed by atoms with van der Waals surface area (Å²) in [7, 11) is -1.33. The molecule has 88 valence electrons. The third-order valence-corrected chi connectivity index (χ3v) is 3.35. The summed E-state index contributed by atoms with van der Waals surface area (Å²) in [5.41, 5.74) is 5.75. The zero-order valence-corrected chi connectivity index (χ0v) is 11.5. The third kappa shape index (κ3) is 3.15. The molecule has 3 heteroatoms. The molecule has 2 heterocycles. The molecule has 0 unspecified atom stereocenters. The fraction of sp³-hybridized carbons (Fsp3) is 0.286. The number of H-pyrrole nitrogens is 2. The van der Waals surface area contributed by atoms with Crippen LogP contribution in [-0.2, 0) is 0 Å². The maximum atomic E-state index is 3.45. The Bertz CT molecular complexity index is 473. The molecule has 0 fully saturated rings. The molecule has 0 bridgehead atoms. The summed E-state index contributed by atoms with van der Waals surface area (Å²) in [5, 5.41) is 0. The molecule has 0 aliphatic rings. The van der Waals surface area contributed by atoms with Gasteiger partial charge >= 0.3 is 0 Å². The average molecular weight is 242 g/mol. The van der Waals surface area contributed by atoms with Gasteiger partial charge in [-0.25, -0.2) is 0 Å². The monoisotopic (exact) mass is 242 g/mol. The van der Waals surface area contributed by atoms with E-state index in [2.05, 4.69) is 53.2 Å². The van der Waals surface area contributed by atoms with E-state index in [1.165, 1.54) is 0 Å². The molecular formula is C14H18N2Si. The normalized spacial score (nSPS) is 11.3. The molecule has 0 aliphatic carbocycles. The highest BCUT2D eigenvalue weighted by Gasteiger charge is 2.14. The number of aromatic nitrogens is 2. The van der Waals surface area contributed by atoms with Crippen molar-refractivity contribution in [3.8, 4) is 11.5 Å². The van der Waals surface area contributed by atoms with E-state index in [9.17, 15) is 0 Å². The van der Waals surface area contributed by atoms with E-state index in [-0.39, 0.29) is 5.92 Å². The minimum atomic E-state index is -1.33. The van der Waals surface area contributed by atoms with Crippen molar-refractivity contribution in [1.82, 2.24) is 9.97 Å². The number of hydrogen-bond acceptors (Lipinski definition) is 0. The van der Waals surface area contributed by atoms with Gasteiger partial charge in [0.1, 0.15) is 8.07 Å². The zero-order chi connectivity index (χ0) is 12.3. The Morgan fingerprint density at radius 3 is 1.88 bits per heavy atom. The second-order valence-electron chi connectivity index (χ2n) is 5.20. The highest BCUT2D eigenvalue weighted by atomic mass is 28.3. The lowest BCUT2D eigenvalue weighted by molar-refractivity contribution is 0.960. The molecule has 0 saturated heterocycles. The summed E-state index contributed by atoms with van der Waals surface area (Å²) in [5.74, 6) is 3.54. The van der Waals surface area contributed by atoms with Crippen LogP contribution in [0.15, 0.2) is 36.7 Å². The van der Waals surface area contributed by atoms with Gasteiger partial charge in [-0.15, -0.1) is 5.54 Å². The van der Waals surface area contributed by atoms with Crippen LogP contribution < -0.4 is 0 Å². The molecule has 0 radical (unpaired) electrons. The lowest BCUT2D eigenvalue weighted by Crippen LogP contribution is -2.17. The highest BCUT2D eigenvalue weighted by Crippen LogP contribution is 2.21. The zero-order valence-electron chi connectivity index (χ0n) is 10.5. The van der Waals surface area contributed by atoms with Crippen molar-refractivity contribution in [2.75, 3.05) is 0 Å². The van der Waals surface area contributed by atoms with Gasteiger partial charge < -0.3 is 9.97 Å². The summed E-state index contributed by atoms with van der Waals surface area (Å²) < 4.78 is 0. The molecule has 2 aromatic heterocycles. The van der Waals surface area contributed by atoms with Crippen LogP contribution in [0.5, 0.6) is 0 Å². The molecule has 2 rings (SSSR count). The van der Waals surface area contributed by atoms with Crippen molar-refractivity contribution in [3.05, 3.63) is 48.0 Å². The van der Waals surface area contributed by atoms with Crippen molar-refractivity contribution in [3.63, 3.8) is 0 Å². The molecule has 2 nitrogen and oxygen atoms in total. The Labute approximate surface area is 103 Å². The lowest BCUT2D eigenvalue weighted by Gasteiger charge is -2.09. The smallest absolute Gasteiger partial charge is 0.129 e. The van der Waals surface area contributed by atoms with Crippen molar-refractivity contribution < 1.29 is 0 Å². The van der Waals surface area contributed by atoms with E-state index >= 15 is 0 Å². The summed E-state index contributed by atoms with van der Waals surface area (Å²) in [6, 6.07) is 8.21. The number of aromatic amines is 2. The van der Waals surface area contributed by atoms with E-state index < -0.39 is 8.07 Å². The molecule has 0 spiro atoms. The van der Waals surface area contributed by atoms with Crippen molar-refractivity contribution >= 4 is 8.07 Å². The first kappa shape index (κ1) is 11.8.